The minimum atomic E-state index is -3.87. The molecule has 0 unspecified atom stereocenters. The first-order chi connectivity index (χ1) is 11.7. The molecule has 0 fully saturated rings. The Morgan fingerprint density at radius 1 is 0.680 bits per heavy atom. The zero-order chi connectivity index (χ0) is 18.5. The molecule has 0 bridgehead atoms. The molecular weight excluding hydrogens is 364 g/mol. The lowest BCUT2D eigenvalue weighted by molar-refractivity contribution is 0.254. The van der Waals surface area contributed by atoms with Crippen molar-refractivity contribution in [1.82, 2.24) is 0 Å². The molecule has 25 heavy (non-hydrogen) atoms. The molecule has 0 aliphatic rings. The van der Waals surface area contributed by atoms with Gasteiger partial charge in [0.25, 0.3) is 20.2 Å². The van der Waals surface area contributed by atoms with Crippen LogP contribution >= 0.6 is 0 Å². The van der Waals surface area contributed by atoms with Crippen molar-refractivity contribution in [2.75, 3.05) is 13.2 Å². The van der Waals surface area contributed by atoms with Crippen LogP contribution in [0.4, 0.5) is 0 Å². The Bertz CT molecular complexity index is 856. The van der Waals surface area contributed by atoms with Crippen LogP contribution in [0.2, 0.25) is 0 Å². The molecule has 2 rings (SSSR count). The lowest BCUT2D eigenvalue weighted by Crippen LogP contribution is -2.13. The second-order valence-corrected chi connectivity index (χ2v) is 8.60. The Hall–Kier alpha value is -1.74. The van der Waals surface area contributed by atoms with Gasteiger partial charge in [-0.3, -0.25) is 8.37 Å². The van der Waals surface area contributed by atoms with Crippen molar-refractivity contribution in [2.45, 2.75) is 30.1 Å². The molecule has 0 aromatic heterocycles. The highest BCUT2D eigenvalue weighted by atomic mass is 32.2. The average Bonchev–Trinajstić information content (AvgIpc) is 2.54. The van der Waals surface area contributed by atoms with E-state index in [-0.39, 0.29) is 29.4 Å². The maximum Gasteiger partial charge on any atom is 0.297 e. The molecule has 0 spiro atoms. The molecule has 0 radical (unpaired) electrons. The highest BCUT2D eigenvalue weighted by molar-refractivity contribution is 7.87. The quantitative estimate of drug-likeness (QED) is 0.514. The van der Waals surface area contributed by atoms with Gasteiger partial charge in [0.15, 0.2) is 0 Å². The van der Waals surface area contributed by atoms with Crippen molar-refractivity contribution in [3.63, 3.8) is 0 Å². The molecule has 0 N–H and O–H groups in total. The SMILES string of the molecule is Cc1ccccc1S(=O)(=O)OCCCOS(=O)(=O)c1ccccc1C. The van der Waals surface area contributed by atoms with Crippen molar-refractivity contribution in [3.8, 4) is 0 Å². The van der Waals surface area contributed by atoms with Crippen molar-refractivity contribution < 1.29 is 25.2 Å². The molecule has 2 aromatic rings. The summed E-state index contributed by atoms with van der Waals surface area (Å²) in [4.78, 5) is 0.201. The molecule has 0 aliphatic carbocycles. The van der Waals surface area contributed by atoms with E-state index in [1.807, 2.05) is 0 Å². The van der Waals surface area contributed by atoms with Crippen LogP contribution in [0, 0.1) is 13.8 Å². The zero-order valence-corrected chi connectivity index (χ0v) is 15.6. The van der Waals surface area contributed by atoms with Crippen LogP contribution in [0.5, 0.6) is 0 Å². The highest BCUT2D eigenvalue weighted by Gasteiger charge is 2.19. The molecule has 0 saturated carbocycles. The summed E-state index contributed by atoms with van der Waals surface area (Å²) in [7, 11) is -7.74. The van der Waals surface area contributed by atoms with Crippen molar-refractivity contribution >= 4 is 20.2 Å². The van der Waals surface area contributed by atoms with Gasteiger partial charge in [0, 0.05) is 0 Å². The lowest BCUT2D eigenvalue weighted by Gasteiger charge is -2.09. The van der Waals surface area contributed by atoms with E-state index in [9.17, 15) is 16.8 Å². The first kappa shape index (κ1) is 19.6. The molecule has 0 heterocycles. The fraction of sp³-hybridized carbons (Fsp3) is 0.294. The van der Waals surface area contributed by atoms with Gasteiger partial charge in [-0.25, -0.2) is 0 Å². The third-order valence-corrected chi connectivity index (χ3v) is 6.44. The Kier molecular flexibility index (Phi) is 6.34. The second-order valence-electron chi connectivity index (χ2n) is 5.44. The van der Waals surface area contributed by atoms with E-state index in [4.69, 9.17) is 8.37 Å². The first-order valence-corrected chi connectivity index (χ1v) is 10.5. The smallest absolute Gasteiger partial charge is 0.266 e. The fourth-order valence-electron chi connectivity index (χ4n) is 2.20. The third-order valence-electron chi connectivity index (χ3n) is 3.49. The van der Waals surface area contributed by atoms with Gasteiger partial charge in [-0.15, -0.1) is 0 Å². The maximum absolute atomic E-state index is 12.1. The van der Waals surface area contributed by atoms with Crippen LogP contribution in [0.25, 0.3) is 0 Å². The molecule has 8 heteroatoms. The van der Waals surface area contributed by atoms with Crippen LogP contribution in [0.1, 0.15) is 17.5 Å². The van der Waals surface area contributed by atoms with Crippen LogP contribution in [-0.2, 0) is 28.6 Å². The number of hydrogen-bond acceptors (Lipinski definition) is 6. The molecule has 0 atom stereocenters. The monoisotopic (exact) mass is 384 g/mol. The molecule has 2 aromatic carbocycles. The van der Waals surface area contributed by atoms with E-state index in [1.54, 1.807) is 50.2 Å². The van der Waals surface area contributed by atoms with Crippen molar-refractivity contribution in [2.24, 2.45) is 0 Å². The summed E-state index contributed by atoms with van der Waals surface area (Å²) in [6, 6.07) is 13.0. The summed E-state index contributed by atoms with van der Waals surface area (Å²) >= 11 is 0. The van der Waals surface area contributed by atoms with Crippen LogP contribution in [0.15, 0.2) is 58.3 Å². The molecule has 0 saturated heterocycles. The van der Waals surface area contributed by atoms with E-state index in [1.165, 1.54) is 12.1 Å². The molecule has 136 valence electrons. The van der Waals surface area contributed by atoms with Gasteiger partial charge in [-0.1, -0.05) is 36.4 Å². The van der Waals surface area contributed by atoms with Gasteiger partial charge in [0.1, 0.15) is 0 Å². The van der Waals surface area contributed by atoms with Gasteiger partial charge in [0.05, 0.1) is 23.0 Å². The molecule has 0 amide bonds. The fourth-order valence-corrected chi connectivity index (χ4v) is 4.54. The van der Waals surface area contributed by atoms with Gasteiger partial charge in [-0.2, -0.15) is 16.8 Å². The Morgan fingerprint density at radius 2 is 1.04 bits per heavy atom. The normalized spacial score (nSPS) is 12.2. The summed E-state index contributed by atoms with van der Waals surface area (Å²) in [5, 5.41) is 0. The number of rotatable bonds is 8. The van der Waals surface area contributed by atoms with E-state index in [0.29, 0.717) is 11.1 Å². The average molecular weight is 384 g/mol. The van der Waals surface area contributed by atoms with E-state index >= 15 is 0 Å². The Balaban J connectivity index is 1.88. The first-order valence-electron chi connectivity index (χ1n) is 7.64. The summed E-state index contributed by atoms with van der Waals surface area (Å²) in [6.07, 6.45) is 0.121. The predicted molar refractivity (Wildman–Crippen MR) is 93.3 cm³/mol. The minimum Gasteiger partial charge on any atom is -0.266 e. The molecular formula is C17H20O6S2. The van der Waals surface area contributed by atoms with Crippen LogP contribution in [0.3, 0.4) is 0 Å². The molecule has 6 nitrogen and oxygen atoms in total. The summed E-state index contributed by atoms with van der Waals surface area (Å²) in [6.45, 7) is 3.02. The van der Waals surface area contributed by atoms with Gasteiger partial charge >= 0.3 is 0 Å². The van der Waals surface area contributed by atoms with E-state index in [2.05, 4.69) is 0 Å². The topological polar surface area (TPSA) is 86.7 Å². The standard InChI is InChI=1S/C17H20O6S2/c1-14-8-3-5-10-16(14)24(18,19)22-12-7-13-23-25(20,21)17-11-6-4-9-15(17)2/h3-6,8-11H,7,12-13H2,1-2H3. The second kappa shape index (κ2) is 8.09. The maximum atomic E-state index is 12.1. The predicted octanol–water partition coefficient (Wildman–Crippen LogP) is 2.80. The summed E-state index contributed by atoms with van der Waals surface area (Å²) in [5.74, 6) is 0. The summed E-state index contributed by atoms with van der Waals surface area (Å²) in [5.41, 5.74) is 1.17. The Labute approximate surface area is 148 Å². The van der Waals surface area contributed by atoms with Gasteiger partial charge in [0.2, 0.25) is 0 Å². The van der Waals surface area contributed by atoms with Gasteiger partial charge in [-0.05, 0) is 43.5 Å². The van der Waals surface area contributed by atoms with Crippen LogP contribution in [-0.4, -0.2) is 30.0 Å². The minimum absolute atomic E-state index is 0.100. The number of benzene rings is 2. The largest absolute Gasteiger partial charge is 0.297 e. The zero-order valence-electron chi connectivity index (χ0n) is 14.0. The summed E-state index contributed by atoms with van der Waals surface area (Å²) < 4.78 is 58.3. The lowest BCUT2D eigenvalue weighted by atomic mass is 10.2. The third kappa shape index (κ3) is 5.12. The molecule has 0 aliphatic heterocycles. The van der Waals surface area contributed by atoms with Crippen molar-refractivity contribution in [1.29, 1.82) is 0 Å². The van der Waals surface area contributed by atoms with Crippen LogP contribution < -0.4 is 0 Å². The number of hydrogen-bond donors (Lipinski definition) is 0. The number of aryl methyl sites for hydroxylation is 2. The van der Waals surface area contributed by atoms with Gasteiger partial charge < -0.3 is 0 Å². The Morgan fingerprint density at radius 3 is 1.40 bits per heavy atom. The highest BCUT2D eigenvalue weighted by Crippen LogP contribution is 2.18. The van der Waals surface area contributed by atoms with E-state index < -0.39 is 20.2 Å². The van der Waals surface area contributed by atoms with E-state index in [0.717, 1.165) is 0 Å². The van der Waals surface area contributed by atoms with Crippen molar-refractivity contribution in [3.05, 3.63) is 59.7 Å².